The van der Waals surface area contributed by atoms with Crippen molar-refractivity contribution in [2.45, 2.75) is 71.9 Å². The molecule has 1 aliphatic carbocycles. The number of ether oxygens (including phenoxy) is 1. The van der Waals surface area contributed by atoms with E-state index in [0.717, 1.165) is 30.7 Å². The summed E-state index contributed by atoms with van der Waals surface area (Å²) in [7, 11) is 1.83. The summed E-state index contributed by atoms with van der Waals surface area (Å²) in [5, 5.41) is 3.70. The number of hydrogen-bond donors (Lipinski definition) is 1. The Balaban J connectivity index is 2.65. The highest BCUT2D eigenvalue weighted by Crippen LogP contribution is 2.36. The molecule has 1 rings (SSSR count). The Bertz CT molecular complexity index is 229. The minimum Gasteiger partial charge on any atom is -0.379 e. The van der Waals surface area contributed by atoms with E-state index in [2.05, 4.69) is 39.9 Å². The third-order valence-electron chi connectivity index (χ3n) is 4.51. The fourth-order valence-electron chi connectivity index (χ4n) is 3.62. The lowest BCUT2D eigenvalue weighted by Crippen LogP contribution is -2.44. The van der Waals surface area contributed by atoms with Crippen LogP contribution in [0.5, 0.6) is 0 Å². The maximum absolute atomic E-state index is 5.62. The van der Waals surface area contributed by atoms with Crippen molar-refractivity contribution >= 4 is 0 Å². The predicted octanol–water partition coefficient (Wildman–Crippen LogP) is 3.85. The molecule has 3 unspecified atom stereocenters. The van der Waals surface area contributed by atoms with Crippen LogP contribution < -0.4 is 5.32 Å². The first-order valence-corrected chi connectivity index (χ1v) is 7.66. The molecule has 0 saturated heterocycles. The molecule has 1 saturated carbocycles. The molecule has 0 aliphatic heterocycles. The first-order chi connectivity index (χ1) is 8.38. The zero-order chi connectivity index (χ0) is 13.8. The number of methoxy groups -OCH3 is 1. The molecule has 108 valence electrons. The molecule has 0 aromatic rings. The topological polar surface area (TPSA) is 21.3 Å². The summed E-state index contributed by atoms with van der Waals surface area (Å²) < 4.78 is 5.62. The maximum Gasteiger partial charge on any atom is 0.0637 e. The van der Waals surface area contributed by atoms with Crippen LogP contribution in [0.4, 0.5) is 0 Å². The second-order valence-electron chi connectivity index (χ2n) is 7.01. The zero-order valence-corrected chi connectivity index (χ0v) is 13.3. The van der Waals surface area contributed by atoms with E-state index in [1.54, 1.807) is 0 Å². The van der Waals surface area contributed by atoms with E-state index in [4.69, 9.17) is 4.74 Å². The zero-order valence-electron chi connectivity index (χ0n) is 13.3. The molecule has 0 radical (unpaired) electrons. The molecule has 1 N–H and O–H groups in total. The minimum atomic E-state index is -0.0171. The van der Waals surface area contributed by atoms with Crippen LogP contribution in [0.2, 0.25) is 0 Å². The van der Waals surface area contributed by atoms with Crippen LogP contribution >= 0.6 is 0 Å². The van der Waals surface area contributed by atoms with Crippen molar-refractivity contribution < 1.29 is 4.74 Å². The fourth-order valence-corrected chi connectivity index (χ4v) is 3.62. The molecule has 2 nitrogen and oxygen atoms in total. The molecule has 0 aromatic heterocycles. The SMILES string of the molecule is CCNC(CC(C)(C)OC)C1CC(C)CC(C)C1. The Morgan fingerprint density at radius 1 is 1.17 bits per heavy atom. The predicted molar refractivity (Wildman–Crippen MR) is 78.8 cm³/mol. The van der Waals surface area contributed by atoms with Gasteiger partial charge in [-0.15, -0.1) is 0 Å². The van der Waals surface area contributed by atoms with Crippen LogP contribution in [0, 0.1) is 17.8 Å². The summed E-state index contributed by atoms with van der Waals surface area (Å²) >= 11 is 0. The summed E-state index contributed by atoms with van der Waals surface area (Å²) in [4.78, 5) is 0. The monoisotopic (exact) mass is 255 g/mol. The average Bonchev–Trinajstić information content (AvgIpc) is 2.27. The summed E-state index contributed by atoms with van der Waals surface area (Å²) in [6, 6.07) is 0.607. The van der Waals surface area contributed by atoms with Crippen molar-refractivity contribution in [1.82, 2.24) is 5.32 Å². The smallest absolute Gasteiger partial charge is 0.0637 e. The molecule has 1 aliphatic rings. The van der Waals surface area contributed by atoms with E-state index in [-0.39, 0.29) is 5.60 Å². The van der Waals surface area contributed by atoms with E-state index >= 15 is 0 Å². The Morgan fingerprint density at radius 2 is 1.72 bits per heavy atom. The Kier molecular flexibility index (Phi) is 6.13. The largest absolute Gasteiger partial charge is 0.379 e. The van der Waals surface area contributed by atoms with Crippen molar-refractivity contribution in [1.29, 1.82) is 0 Å². The van der Waals surface area contributed by atoms with Gasteiger partial charge in [-0.1, -0.05) is 20.8 Å². The van der Waals surface area contributed by atoms with E-state index in [1.165, 1.54) is 19.3 Å². The van der Waals surface area contributed by atoms with Crippen molar-refractivity contribution in [3.05, 3.63) is 0 Å². The quantitative estimate of drug-likeness (QED) is 0.778. The lowest BCUT2D eigenvalue weighted by atomic mass is 9.72. The van der Waals surface area contributed by atoms with Crippen molar-refractivity contribution in [2.75, 3.05) is 13.7 Å². The van der Waals surface area contributed by atoms with Gasteiger partial charge in [0.2, 0.25) is 0 Å². The van der Waals surface area contributed by atoms with Gasteiger partial charge in [-0.3, -0.25) is 0 Å². The molecular weight excluding hydrogens is 222 g/mol. The van der Waals surface area contributed by atoms with E-state index < -0.39 is 0 Å². The molecule has 18 heavy (non-hydrogen) atoms. The van der Waals surface area contributed by atoms with Crippen LogP contribution in [0.15, 0.2) is 0 Å². The average molecular weight is 255 g/mol. The highest BCUT2D eigenvalue weighted by atomic mass is 16.5. The second kappa shape index (κ2) is 6.91. The Hall–Kier alpha value is -0.0800. The summed E-state index contributed by atoms with van der Waals surface area (Å²) in [5.74, 6) is 2.58. The molecule has 0 aromatic carbocycles. The summed E-state index contributed by atoms with van der Waals surface area (Å²) in [6.45, 7) is 12.5. The maximum atomic E-state index is 5.62. The van der Waals surface area contributed by atoms with Gasteiger partial charge in [0.15, 0.2) is 0 Å². The van der Waals surface area contributed by atoms with Crippen LogP contribution in [0.3, 0.4) is 0 Å². The van der Waals surface area contributed by atoms with Gasteiger partial charge < -0.3 is 10.1 Å². The molecule has 1 fully saturated rings. The van der Waals surface area contributed by atoms with Crippen LogP contribution in [0.1, 0.15) is 60.3 Å². The number of nitrogens with one attached hydrogen (secondary N) is 1. The van der Waals surface area contributed by atoms with Crippen LogP contribution in [-0.4, -0.2) is 25.3 Å². The third kappa shape index (κ3) is 4.89. The van der Waals surface area contributed by atoms with Gasteiger partial charge in [0.1, 0.15) is 0 Å². The van der Waals surface area contributed by atoms with Crippen LogP contribution in [0.25, 0.3) is 0 Å². The van der Waals surface area contributed by atoms with Crippen molar-refractivity contribution in [2.24, 2.45) is 17.8 Å². The molecule has 0 bridgehead atoms. The minimum absolute atomic E-state index is 0.0171. The van der Waals surface area contributed by atoms with Gasteiger partial charge in [-0.2, -0.15) is 0 Å². The lowest BCUT2D eigenvalue weighted by molar-refractivity contribution is -0.00331. The summed E-state index contributed by atoms with van der Waals surface area (Å²) in [6.07, 6.45) is 5.27. The first-order valence-electron chi connectivity index (χ1n) is 7.66. The van der Waals surface area contributed by atoms with Gasteiger partial charge in [-0.25, -0.2) is 0 Å². The van der Waals surface area contributed by atoms with Crippen molar-refractivity contribution in [3.8, 4) is 0 Å². The van der Waals surface area contributed by atoms with Crippen LogP contribution in [-0.2, 0) is 4.74 Å². The van der Waals surface area contributed by atoms with E-state index in [9.17, 15) is 0 Å². The normalized spacial score (nSPS) is 31.3. The van der Waals surface area contributed by atoms with E-state index in [0.29, 0.717) is 6.04 Å². The standard InChI is InChI=1S/C16H33NO/c1-7-17-15(11-16(4,5)18-6)14-9-12(2)8-13(3)10-14/h12-15,17H,7-11H2,1-6H3. The molecular formula is C16H33NO. The molecule has 0 heterocycles. The van der Waals surface area contributed by atoms with Gasteiger partial charge in [-0.05, 0) is 63.8 Å². The fraction of sp³-hybridized carbons (Fsp3) is 1.00. The lowest BCUT2D eigenvalue weighted by Gasteiger charge is -2.39. The Morgan fingerprint density at radius 3 is 2.17 bits per heavy atom. The molecule has 3 atom stereocenters. The Labute approximate surface area is 114 Å². The summed E-state index contributed by atoms with van der Waals surface area (Å²) in [5.41, 5.74) is -0.0171. The van der Waals surface area contributed by atoms with Gasteiger partial charge in [0, 0.05) is 13.2 Å². The molecule has 2 heteroatoms. The van der Waals surface area contributed by atoms with Gasteiger partial charge in [0.05, 0.1) is 5.60 Å². The van der Waals surface area contributed by atoms with Gasteiger partial charge in [0.25, 0.3) is 0 Å². The highest BCUT2D eigenvalue weighted by Gasteiger charge is 2.33. The number of hydrogen-bond acceptors (Lipinski definition) is 2. The first kappa shape index (κ1) is 16.0. The molecule has 0 spiro atoms. The second-order valence-corrected chi connectivity index (χ2v) is 7.01. The highest BCUT2D eigenvalue weighted by molar-refractivity contribution is 4.87. The van der Waals surface area contributed by atoms with Crippen molar-refractivity contribution in [3.63, 3.8) is 0 Å². The van der Waals surface area contributed by atoms with Gasteiger partial charge >= 0.3 is 0 Å². The number of rotatable bonds is 6. The molecule has 0 amide bonds. The van der Waals surface area contributed by atoms with E-state index in [1.807, 2.05) is 7.11 Å². The third-order valence-corrected chi connectivity index (χ3v) is 4.51.